The first-order valence-corrected chi connectivity index (χ1v) is 6.84. The lowest BCUT2D eigenvalue weighted by Crippen LogP contribution is -2.07. The molecule has 0 spiro atoms. The number of carbonyl (C=O) groups excluding carboxylic acids is 1. The Morgan fingerprint density at radius 2 is 2.00 bits per heavy atom. The second-order valence-corrected chi connectivity index (χ2v) is 4.37. The number of hydrogen-bond acceptors (Lipinski definition) is 2. The van der Waals surface area contributed by atoms with E-state index in [0.717, 1.165) is 11.4 Å². The standard InChI is InChI=1S/C14H17NOS/c1-3-4-5-6-14(16)15-13-9-7-12(8-10-13)11-17-2/h3-10H,11H2,1-2H3,(H,15,16)/b4-3+,6-5+. The fourth-order valence-corrected chi connectivity index (χ4v) is 1.81. The Balaban J connectivity index is 2.54. The highest BCUT2D eigenvalue weighted by Gasteiger charge is 1.97. The number of carbonyl (C=O) groups is 1. The van der Waals surface area contributed by atoms with Crippen molar-refractivity contribution < 1.29 is 4.79 Å². The van der Waals surface area contributed by atoms with Gasteiger partial charge < -0.3 is 5.32 Å². The molecule has 0 aliphatic heterocycles. The molecule has 0 saturated heterocycles. The molecule has 0 unspecified atom stereocenters. The first-order chi connectivity index (χ1) is 8.26. The molecule has 0 atom stereocenters. The van der Waals surface area contributed by atoms with Crippen molar-refractivity contribution in [2.45, 2.75) is 12.7 Å². The van der Waals surface area contributed by atoms with E-state index in [1.807, 2.05) is 43.3 Å². The number of anilines is 1. The van der Waals surface area contributed by atoms with E-state index < -0.39 is 0 Å². The van der Waals surface area contributed by atoms with E-state index in [9.17, 15) is 4.79 Å². The number of rotatable bonds is 5. The summed E-state index contributed by atoms with van der Waals surface area (Å²) in [6, 6.07) is 7.91. The third-order valence-corrected chi connectivity index (χ3v) is 2.71. The molecule has 1 aromatic carbocycles. The van der Waals surface area contributed by atoms with Crippen LogP contribution in [0.5, 0.6) is 0 Å². The SMILES string of the molecule is C/C=C/C=C/C(=O)Nc1ccc(CSC)cc1. The van der Waals surface area contributed by atoms with Gasteiger partial charge in [0.05, 0.1) is 0 Å². The Hall–Kier alpha value is -1.48. The zero-order valence-electron chi connectivity index (χ0n) is 10.1. The maximum absolute atomic E-state index is 11.5. The van der Waals surface area contributed by atoms with E-state index >= 15 is 0 Å². The van der Waals surface area contributed by atoms with Crippen molar-refractivity contribution >= 4 is 23.4 Å². The predicted molar refractivity (Wildman–Crippen MR) is 76.2 cm³/mol. The van der Waals surface area contributed by atoms with Gasteiger partial charge in [0.15, 0.2) is 0 Å². The van der Waals surface area contributed by atoms with Gasteiger partial charge in [-0.05, 0) is 30.9 Å². The minimum Gasteiger partial charge on any atom is -0.323 e. The molecule has 1 aromatic rings. The highest BCUT2D eigenvalue weighted by molar-refractivity contribution is 7.97. The number of allylic oxidation sites excluding steroid dienone is 3. The van der Waals surface area contributed by atoms with E-state index in [2.05, 4.69) is 11.6 Å². The molecule has 3 heteroatoms. The van der Waals surface area contributed by atoms with E-state index in [1.54, 1.807) is 17.8 Å². The summed E-state index contributed by atoms with van der Waals surface area (Å²) >= 11 is 1.78. The van der Waals surface area contributed by atoms with Crippen molar-refractivity contribution in [2.75, 3.05) is 11.6 Å². The first kappa shape index (κ1) is 13.6. The monoisotopic (exact) mass is 247 g/mol. The van der Waals surface area contributed by atoms with Crippen LogP contribution >= 0.6 is 11.8 Å². The van der Waals surface area contributed by atoms with Crippen molar-refractivity contribution in [2.24, 2.45) is 0 Å². The van der Waals surface area contributed by atoms with Crippen LogP contribution in [-0.2, 0) is 10.5 Å². The van der Waals surface area contributed by atoms with Crippen molar-refractivity contribution in [3.05, 3.63) is 54.1 Å². The Bertz CT molecular complexity index is 407. The molecule has 0 radical (unpaired) electrons. The summed E-state index contributed by atoms with van der Waals surface area (Å²) in [4.78, 5) is 11.5. The molecule has 90 valence electrons. The smallest absolute Gasteiger partial charge is 0.248 e. The fraction of sp³-hybridized carbons (Fsp3) is 0.214. The van der Waals surface area contributed by atoms with E-state index in [-0.39, 0.29) is 5.91 Å². The predicted octanol–water partition coefficient (Wildman–Crippen LogP) is 3.62. The number of hydrogen-bond donors (Lipinski definition) is 1. The maximum atomic E-state index is 11.5. The lowest BCUT2D eigenvalue weighted by Gasteiger charge is -2.03. The summed E-state index contributed by atoms with van der Waals surface area (Å²) in [5, 5.41) is 2.80. The highest BCUT2D eigenvalue weighted by Crippen LogP contribution is 2.13. The zero-order valence-corrected chi connectivity index (χ0v) is 11.0. The van der Waals surface area contributed by atoms with Gasteiger partial charge in [0, 0.05) is 17.5 Å². The van der Waals surface area contributed by atoms with Crippen LogP contribution in [0.1, 0.15) is 12.5 Å². The first-order valence-electron chi connectivity index (χ1n) is 5.44. The van der Waals surface area contributed by atoms with Crippen LogP contribution in [-0.4, -0.2) is 12.2 Å². The van der Waals surface area contributed by atoms with Crippen molar-refractivity contribution in [3.63, 3.8) is 0 Å². The van der Waals surface area contributed by atoms with Crippen molar-refractivity contribution in [1.82, 2.24) is 0 Å². The summed E-state index contributed by atoms with van der Waals surface area (Å²) in [6.07, 6.45) is 9.00. The third-order valence-electron chi connectivity index (χ3n) is 2.08. The molecule has 2 nitrogen and oxygen atoms in total. The van der Waals surface area contributed by atoms with Gasteiger partial charge in [-0.1, -0.05) is 30.4 Å². The van der Waals surface area contributed by atoms with Gasteiger partial charge in [-0.25, -0.2) is 0 Å². The molecule has 0 aromatic heterocycles. The minimum absolute atomic E-state index is 0.110. The lowest BCUT2D eigenvalue weighted by molar-refractivity contribution is -0.111. The molecule has 0 aliphatic rings. The molecule has 1 amide bonds. The molecule has 0 fully saturated rings. The summed E-state index contributed by atoms with van der Waals surface area (Å²) in [7, 11) is 0. The normalized spacial score (nSPS) is 11.2. The molecule has 0 bridgehead atoms. The van der Waals surface area contributed by atoms with Gasteiger partial charge in [-0.15, -0.1) is 0 Å². The van der Waals surface area contributed by atoms with Gasteiger partial charge in [-0.2, -0.15) is 11.8 Å². The number of thioether (sulfide) groups is 1. The molecule has 0 saturated carbocycles. The van der Waals surface area contributed by atoms with Gasteiger partial charge in [0.2, 0.25) is 5.91 Å². The Morgan fingerprint density at radius 3 is 2.59 bits per heavy atom. The van der Waals surface area contributed by atoms with E-state index in [4.69, 9.17) is 0 Å². The number of amides is 1. The van der Waals surface area contributed by atoms with Crippen LogP contribution in [0.2, 0.25) is 0 Å². The molecule has 0 heterocycles. The van der Waals surface area contributed by atoms with Crippen molar-refractivity contribution in [3.8, 4) is 0 Å². The van der Waals surface area contributed by atoms with Crippen LogP contribution < -0.4 is 5.32 Å². The van der Waals surface area contributed by atoms with E-state index in [1.165, 1.54) is 11.6 Å². The third kappa shape index (κ3) is 5.41. The summed E-state index contributed by atoms with van der Waals surface area (Å²) in [5.41, 5.74) is 2.09. The zero-order chi connectivity index (χ0) is 12.5. The summed E-state index contributed by atoms with van der Waals surface area (Å²) in [5.74, 6) is 0.885. The maximum Gasteiger partial charge on any atom is 0.248 e. The molecule has 17 heavy (non-hydrogen) atoms. The molecular weight excluding hydrogens is 230 g/mol. The highest BCUT2D eigenvalue weighted by atomic mass is 32.2. The largest absolute Gasteiger partial charge is 0.323 e. The molecule has 1 rings (SSSR count). The molecule has 1 N–H and O–H groups in total. The average Bonchev–Trinajstić information content (AvgIpc) is 2.32. The summed E-state index contributed by atoms with van der Waals surface area (Å²) in [6.45, 7) is 1.91. The molecule has 0 aliphatic carbocycles. The second kappa shape index (κ2) is 7.74. The van der Waals surface area contributed by atoms with Crippen LogP contribution in [0.25, 0.3) is 0 Å². The van der Waals surface area contributed by atoms with Crippen LogP contribution in [0.3, 0.4) is 0 Å². The van der Waals surface area contributed by atoms with Gasteiger partial charge >= 0.3 is 0 Å². The van der Waals surface area contributed by atoms with Crippen LogP contribution in [0.4, 0.5) is 5.69 Å². The average molecular weight is 247 g/mol. The van der Waals surface area contributed by atoms with Crippen LogP contribution in [0, 0.1) is 0 Å². The van der Waals surface area contributed by atoms with Gasteiger partial charge in [0.25, 0.3) is 0 Å². The Labute approximate surface area is 107 Å². The fourth-order valence-electron chi connectivity index (χ4n) is 1.29. The second-order valence-electron chi connectivity index (χ2n) is 3.50. The quantitative estimate of drug-likeness (QED) is 0.636. The van der Waals surface area contributed by atoms with Crippen molar-refractivity contribution in [1.29, 1.82) is 0 Å². The Morgan fingerprint density at radius 1 is 1.29 bits per heavy atom. The number of nitrogens with one attached hydrogen (secondary N) is 1. The van der Waals surface area contributed by atoms with Gasteiger partial charge in [0.1, 0.15) is 0 Å². The Kier molecular flexibility index (Phi) is 6.18. The number of benzene rings is 1. The van der Waals surface area contributed by atoms with Gasteiger partial charge in [-0.3, -0.25) is 4.79 Å². The lowest BCUT2D eigenvalue weighted by atomic mass is 10.2. The summed E-state index contributed by atoms with van der Waals surface area (Å²) < 4.78 is 0. The van der Waals surface area contributed by atoms with Crippen LogP contribution in [0.15, 0.2) is 48.6 Å². The minimum atomic E-state index is -0.110. The van der Waals surface area contributed by atoms with E-state index in [0.29, 0.717) is 0 Å². The molecular formula is C14H17NOS. The topological polar surface area (TPSA) is 29.1 Å².